The number of nitrogens with zero attached hydrogens (tertiary/aromatic N) is 1. The van der Waals surface area contributed by atoms with E-state index in [9.17, 15) is 9.59 Å². The first-order valence-electron chi connectivity index (χ1n) is 5.17. The monoisotopic (exact) mass is 235 g/mol. The molecular weight excluding hydrogens is 222 g/mol. The zero-order chi connectivity index (χ0) is 12.5. The number of rotatable bonds is 3. The molecule has 2 heterocycles. The van der Waals surface area contributed by atoms with Gasteiger partial charge in [-0.1, -0.05) is 0 Å². The molecule has 6 nitrogen and oxygen atoms in total. The van der Waals surface area contributed by atoms with Crippen LogP contribution in [0.3, 0.4) is 0 Å². The largest absolute Gasteiger partial charge is 0.376 e. The van der Waals surface area contributed by atoms with Crippen molar-refractivity contribution >= 4 is 11.8 Å². The van der Waals surface area contributed by atoms with Crippen molar-refractivity contribution in [2.45, 2.75) is 12.5 Å². The fourth-order valence-corrected chi connectivity index (χ4v) is 1.60. The molecule has 17 heavy (non-hydrogen) atoms. The second-order valence-electron chi connectivity index (χ2n) is 4.27. The fourth-order valence-electron chi connectivity index (χ4n) is 1.60. The van der Waals surface area contributed by atoms with Gasteiger partial charge in [0.15, 0.2) is 0 Å². The fraction of sp³-hybridized carbons (Fsp3) is 0.364. The van der Waals surface area contributed by atoms with Gasteiger partial charge in [-0.15, -0.1) is 0 Å². The van der Waals surface area contributed by atoms with Gasteiger partial charge in [-0.05, 0) is 19.1 Å². The smallest absolute Gasteiger partial charge is 0.271 e. The minimum Gasteiger partial charge on any atom is -0.376 e. The average Bonchev–Trinajstić information content (AvgIpc) is 2.26. The van der Waals surface area contributed by atoms with Gasteiger partial charge in [0.25, 0.3) is 11.8 Å². The Hall–Kier alpha value is -1.95. The lowest BCUT2D eigenvalue weighted by atomic mass is 10.00. The molecule has 3 N–H and O–H groups in total. The summed E-state index contributed by atoms with van der Waals surface area (Å²) in [5, 5.41) is 2.77. The molecule has 0 unspecified atom stereocenters. The minimum absolute atomic E-state index is 0.0492. The van der Waals surface area contributed by atoms with Crippen LogP contribution in [0.5, 0.6) is 0 Å². The van der Waals surface area contributed by atoms with Crippen LogP contribution in [0.15, 0.2) is 18.3 Å². The van der Waals surface area contributed by atoms with Gasteiger partial charge >= 0.3 is 0 Å². The summed E-state index contributed by atoms with van der Waals surface area (Å²) in [4.78, 5) is 27.0. The Morgan fingerprint density at radius 2 is 2.24 bits per heavy atom. The molecule has 1 aliphatic rings. The third-order valence-corrected chi connectivity index (χ3v) is 2.54. The zero-order valence-corrected chi connectivity index (χ0v) is 9.40. The molecule has 1 aromatic rings. The zero-order valence-electron chi connectivity index (χ0n) is 9.40. The van der Waals surface area contributed by atoms with Crippen molar-refractivity contribution in [3.63, 3.8) is 0 Å². The Bertz CT molecular complexity index is 469. The molecular formula is C11H13N3O3. The van der Waals surface area contributed by atoms with Crippen LogP contribution in [0.1, 0.15) is 27.8 Å². The van der Waals surface area contributed by atoms with E-state index in [2.05, 4.69) is 10.3 Å². The summed E-state index contributed by atoms with van der Waals surface area (Å²) in [6, 6.07) is 3.04. The Balaban J connectivity index is 2.21. The van der Waals surface area contributed by atoms with Crippen LogP contribution in [0, 0.1) is 0 Å². The van der Waals surface area contributed by atoms with E-state index in [0.717, 1.165) is 0 Å². The molecule has 1 aromatic heterocycles. The molecule has 0 atom stereocenters. The molecule has 2 rings (SSSR count). The number of hydrogen-bond donors (Lipinski definition) is 2. The third kappa shape index (κ3) is 2.26. The molecule has 0 bridgehead atoms. The molecule has 2 amide bonds. The van der Waals surface area contributed by atoms with E-state index in [0.29, 0.717) is 13.2 Å². The highest BCUT2D eigenvalue weighted by Crippen LogP contribution is 2.16. The Kier molecular flexibility index (Phi) is 2.81. The van der Waals surface area contributed by atoms with E-state index in [1.54, 1.807) is 6.07 Å². The normalized spacial score (nSPS) is 17.0. The molecule has 0 radical (unpaired) electrons. The second-order valence-corrected chi connectivity index (χ2v) is 4.27. The maximum absolute atomic E-state index is 11.9. The lowest BCUT2D eigenvalue weighted by Gasteiger charge is -2.38. The van der Waals surface area contributed by atoms with Gasteiger partial charge < -0.3 is 15.8 Å². The number of pyridine rings is 1. The van der Waals surface area contributed by atoms with E-state index in [1.165, 1.54) is 12.3 Å². The molecule has 0 saturated carbocycles. The third-order valence-electron chi connectivity index (χ3n) is 2.54. The molecule has 1 saturated heterocycles. The number of carbonyl (C=O) groups is 2. The summed E-state index contributed by atoms with van der Waals surface area (Å²) in [5.74, 6) is -1.08. The average molecular weight is 235 g/mol. The van der Waals surface area contributed by atoms with Crippen LogP contribution in [0.2, 0.25) is 0 Å². The quantitative estimate of drug-likeness (QED) is 0.752. The highest BCUT2D eigenvalue weighted by molar-refractivity contribution is 6.05. The van der Waals surface area contributed by atoms with Gasteiger partial charge in [0.1, 0.15) is 5.69 Å². The molecule has 1 aliphatic heterocycles. The highest BCUT2D eigenvalue weighted by atomic mass is 16.5. The lowest BCUT2D eigenvalue weighted by molar-refractivity contribution is -0.0594. The van der Waals surface area contributed by atoms with Gasteiger partial charge in [0.2, 0.25) is 0 Å². The highest BCUT2D eigenvalue weighted by Gasteiger charge is 2.35. The molecule has 0 spiro atoms. The summed E-state index contributed by atoms with van der Waals surface area (Å²) in [6.07, 6.45) is 1.45. The molecule has 0 aromatic carbocycles. The summed E-state index contributed by atoms with van der Waals surface area (Å²) < 4.78 is 5.03. The van der Waals surface area contributed by atoms with Gasteiger partial charge in [-0.25, -0.2) is 0 Å². The van der Waals surface area contributed by atoms with Crippen molar-refractivity contribution in [3.05, 3.63) is 29.6 Å². The topological polar surface area (TPSA) is 94.3 Å². The standard InChI is InChI=1S/C11H13N3O3/c1-11(5-17-6-11)14-10(16)8-7(9(12)15)3-2-4-13-8/h2-4H,5-6H2,1H3,(H2,12,15)(H,14,16). The van der Waals surface area contributed by atoms with E-state index < -0.39 is 11.8 Å². The second kappa shape index (κ2) is 4.14. The maximum atomic E-state index is 11.9. The van der Waals surface area contributed by atoms with Crippen LogP contribution in [0.25, 0.3) is 0 Å². The van der Waals surface area contributed by atoms with Gasteiger partial charge in [0, 0.05) is 6.20 Å². The van der Waals surface area contributed by atoms with Crippen LogP contribution in [-0.2, 0) is 4.74 Å². The number of aromatic nitrogens is 1. The number of hydrogen-bond acceptors (Lipinski definition) is 4. The van der Waals surface area contributed by atoms with Crippen LogP contribution in [0.4, 0.5) is 0 Å². The first kappa shape index (κ1) is 11.5. The lowest BCUT2D eigenvalue weighted by Crippen LogP contribution is -2.60. The van der Waals surface area contributed by atoms with Crippen LogP contribution >= 0.6 is 0 Å². The van der Waals surface area contributed by atoms with Gasteiger partial charge in [0.05, 0.1) is 24.3 Å². The first-order valence-corrected chi connectivity index (χ1v) is 5.17. The minimum atomic E-state index is -0.668. The molecule has 1 fully saturated rings. The number of ether oxygens (including phenoxy) is 1. The van der Waals surface area contributed by atoms with Crippen molar-refractivity contribution in [1.29, 1.82) is 0 Å². The SMILES string of the molecule is CC1(NC(=O)c2ncccc2C(N)=O)COC1. The van der Waals surface area contributed by atoms with Gasteiger partial charge in [-0.2, -0.15) is 0 Å². The number of nitrogens with one attached hydrogen (secondary N) is 1. The van der Waals surface area contributed by atoms with E-state index in [1.807, 2.05) is 6.92 Å². The van der Waals surface area contributed by atoms with Crippen molar-refractivity contribution in [2.75, 3.05) is 13.2 Å². The van der Waals surface area contributed by atoms with Crippen LogP contribution < -0.4 is 11.1 Å². The van der Waals surface area contributed by atoms with Crippen molar-refractivity contribution in [3.8, 4) is 0 Å². The Morgan fingerprint density at radius 3 is 2.76 bits per heavy atom. The van der Waals surface area contributed by atoms with Crippen molar-refractivity contribution < 1.29 is 14.3 Å². The number of nitrogens with two attached hydrogens (primary N) is 1. The van der Waals surface area contributed by atoms with Crippen molar-refractivity contribution in [2.24, 2.45) is 5.73 Å². The van der Waals surface area contributed by atoms with E-state index in [-0.39, 0.29) is 16.8 Å². The summed E-state index contributed by atoms with van der Waals surface area (Å²) in [5.41, 5.74) is 4.96. The Labute approximate surface area is 98.2 Å². The van der Waals surface area contributed by atoms with Crippen LogP contribution in [-0.4, -0.2) is 35.6 Å². The Morgan fingerprint density at radius 1 is 1.53 bits per heavy atom. The summed E-state index contributed by atoms with van der Waals surface area (Å²) in [7, 11) is 0. The molecule has 0 aliphatic carbocycles. The summed E-state index contributed by atoms with van der Waals surface area (Å²) >= 11 is 0. The number of carbonyl (C=O) groups excluding carboxylic acids is 2. The first-order chi connectivity index (χ1) is 8.02. The molecule has 6 heteroatoms. The van der Waals surface area contributed by atoms with E-state index >= 15 is 0 Å². The predicted molar refractivity (Wildman–Crippen MR) is 59.4 cm³/mol. The van der Waals surface area contributed by atoms with Crippen molar-refractivity contribution in [1.82, 2.24) is 10.3 Å². The number of primary amides is 1. The number of amides is 2. The maximum Gasteiger partial charge on any atom is 0.271 e. The summed E-state index contributed by atoms with van der Waals surface area (Å²) in [6.45, 7) is 2.77. The van der Waals surface area contributed by atoms with E-state index in [4.69, 9.17) is 10.5 Å². The predicted octanol–water partition coefficient (Wildman–Crippen LogP) is -0.301. The van der Waals surface area contributed by atoms with Gasteiger partial charge in [-0.3, -0.25) is 14.6 Å². The molecule has 90 valence electrons.